The molecule has 2 amide bonds. The highest BCUT2D eigenvalue weighted by Gasteiger charge is 2.37. The summed E-state index contributed by atoms with van der Waals surface area (Å²) in [5.74, 6) is -0.313. The molecule has 0 spiro atoms. The summed E-state index contributed by atoms with van der Waals surface area (Å²) >= 11 is 3.41. The van der Waals surface area contributed by atoms with Crippen molar-refractivity contribution >= 4 is 39.3 Å². The van der Waals surface area contributed by atoms with Crippen LogP contribution in [0.5, 0.6) is 5.75 Å². The van der Waals surface area contributed by atoms with E-state index in [0.717, 1.165) is 26.1 Å². The van der Waals surface area contributed by atoms with Gasteiger partial charge in [0.05, 0.1) is 11.8 Å². The number of nitrogen functional groups attached to an aromatic ring is 1. The van der Waals surface area contributed by atoms with Crippen LogP contribution < -0.4 is 21.1 Å². The fourth-order valence-corrected chi connectivity index (χ4v) is 6.19. The first kappa shape index (κ1) is 33.0. The minimum absolute atomic E-state index is 0.0557. The Hall–Kier alpha value is -4.38. The molecule has 1 heterocycles. The van der Waals surface area contributed by atoms with Gasteiger partial charge in [0.1, 0.15) is 24.5 Å². The van der Waals surface area contributed by atoms with Crippen molar-refractivity contribution in [3.05, 3.63) is 124 Å². The van der Waals surface area contributed by atoms with Crippen LogP contribution in [0.2, 0.25) is 0 Å². The normalized spacial score (nSPS) is 16.8. The standard InChI is InChI=1S/C36H39BrN4O5/c1-41(36(43)44)34(33(25-11-4-2-5-12-25)26-13-6-3-7-14-26)35(42)40-31-15-9-8-10-24(31)16-18-28-21-39-22-29(46-28)23-45-32-19-17-27(37)20-30(32)38/h2-15,17,19-20,28-29,33-34,39H,16,18,21-23,38H2,1H3,(H,40,42)(H,43,44)/t28-,29+,34+/m1/s1. The van der Waals surface area contributed by atoms with Crippen molar-refractivity contribution in [1.29, 1.82) is 0 Å². The molecule has 1 aliphatic rings. The molecule has 4 aromatic carbocycles. The molecule has 240 valence electrons. The summed E-state index contributed by atoms with van der Waals surface area (Å²) in [6.45, 7) is 1.74. The first-order chi connectivity index (χ1) is 22.3. The number of nitrogens with one attached hydrogen (secondary N) is 2. The van der Waals surface area contributed by atoms with Crippen molar-refractivity contribution in [1.82, 2.24) is 10.2 Å². The van der Waals surface area contributed by atoms with Crippen LogP contribution in [0.4, 0.5) is 16.2 Å². The summed E-state index contributed by atoms with van der Waals surface area (Å²) in [6.07, 6.45) is -0.0206. The highest BCUT2D eigenvalue weighted by atomic mass is 79.9. The minimum atomic E-state index is -1.19. The Bertz CT molecular complexity index is 1570. The zero-order valence-electron chi connectivity index (χ0n) is 25.6. The van der Waals surface area contributed by atoms with Crippen molar-refractivity contribution in [2.75, 3.05) is 37.8 Å². The summed E-state index contributed by atoms with van der Waals surface area (Å²) in [5, 5.41) is 16.6. The number of benzene rings is 4. The lowest BCUT2D eigenvalue weighted by Gasteiger charge is -2.33. The molecule has 0 radical (unpaired) electrons. The fourth-order valence-electron chi connectivity index (χ4n) is 5.81. The van der Waals surface area contributed by atoms with E-state index < -0.39 is 24.0 Å². The molecule has 0 unspecified atom stereocenters. The maximum Gasteiger partial charge on any atom is 0.407 e. The Labute approximate surface area is 277 Å². The third-order valence-electron chi connectivity index (χ3n) is 8.16. The number of aryl methyl sites for hydroxylation is 1. The van der Waals surface area contributed by atoms with Gasteiger partial charge in [-0.3, -0.25) is 9.69 Å². The Kier molecular flexibility index (Phi) is 11.3. The molecule has 46 heavy (non-hydrogen) atoms. The molecule has 0 saturated carbocycles. The molecule has 1 fully saturated rings. The smallest absolute Gasteiger partial charge is 0.407 e. The average Bonchev–Trinajstić information content (AvgIpc) is 3.07. The molecule has 4 aromatic rings. The average molecular weight is 688 g/mol. The number of morpholine rings is 1. The van der Waals surface area contributed by atoms with E-state index in [1.54, 1.807) is 6.07 Å². The Morgan fingerprint density at radius 2 is 1.61 bits per heavy atom. The third-order valence-corrected chi connectivity index (χ3v) is 8.65. The highest BCUT2D eigenvalue weighted by molar-refractivity contribution is 9.10. The van der Waals surface area contributed by atoms with Gasteiger partial charge in [-0.2, -0.15) is 0 Å². The molecule has 0 bridgehead atoms. The second-order valence-corrected chi connectivity index (χ2v) is 12.3. The lowest BCUT2D eigenvalue weighted by atomic mass is 9.84. The molecule has 0 aliphatic carbocycles. The summed E-state index contributed by atoms with van der Waals surface area (Å²) in [5.41, 5.74) is 9.91. The Morgan fingerprint density at radius 1 is 0.978 bits per heavy atom. The summed E-state index contributed by atoms with van der Waals surface area (Å²) in [6, 6.07) is 31.2. The second-order valence-electron chi connectivity index (χ2n) is 11.4. The Morgan fingerprint density at radius 3 is 2.26 bits per heavy atom. The lowest BCUT2D eigenvalue weighted by molar-refractivity contribution is -0.120. The van der Waals surface area contributed by atoms with Crippen molar-refractivity contribution in [2.45, 2.75) is 37.0 Å². The molecule has 3 atom stereocenters. The van der Waals surface area contributed by atoms with Crippen LogP contribution in [0.3, 0.4) is 0 Å². The van der Waals surface area contributed by atoms with Crippen LogP contribution in [-0.4, -0.2) is 67.0 Å². The number of rotatable bonds is 12. The zero-order chi connectivity index (χ0) is 32.5. The number of para-hydroxylation sites is 1. The van der Waals surface area contributed by atoms with E-state index in [0.29, 0.717) is 49.7 Å². The number of hydrogen-bond acceptors (Lipinski definition) is 6. The van der Waals surface area contributed by atoms with Gasteiger partial charge in [0.2, 0.25) is 5.91 Å². The highest BCUT2D eigenvalue weighted by Crippen LogP contribution is 2.32. The van der Waals surface area contributed by atoms with Gasteiger partial charge in [0.25, 0.3) is 0 Å². The van der Waals surface area contributed by atoms with Gasteiger partial charge < -0.3 is 30.9 Å². The van der Waals surface area contributed by atoms with Gasteiger partial charge in [0.15, 0.2) is 0 Å². The van der Waals surface area contributed by atoms with Crippen LogP contribution in [0.25, 0.3) is 0 Å². The van der Waals surface area contributed by atoms with E-state index in [-0.39, 0.29) is 12.2 Å². The quantitative estimate of drug-likeness (QED) is 0.132. The molecular formula is C36H39BrN4O5. The van der Waals surface area contributed by atoms with E-state index >= 15 is 0 Å². The fraction of sp³-hybridized carbons (Fsp3) is 0.278. The van der Waals surface area contributed by atoms with Crippen molar-refractivity contribution in [3.8, 4) is 5.75 Å². The number of anilines is 2. The monoisotopic (exact) mass is 686 g/mol. The molecule has 5 rings (SSSR count). The number of likely N-dealkylation sites (N-methyl/N-ethyl adjacent to an activating group) is 1. The summed E-state index contributed by atoms with van der Waals surface area (Å²) < 4.78 is 13.2. The van der Waals surface area contributed by atoms with Crippen LogP contribution in [-0.2, 0) is 16.0 Å². The van der Waals surface area contributed by atoms with E-state index in [9.17, 15) is 14.7 Å². The van der Waals surface area contributed by atoms with Gasteiger partial charge in [-0.1, -0.05) is 94.8 Å². The minimum Gasteiger partial charge on any atom is -0.489 e. The van der Waals surface area contributed by atoms with Crippen molar-refractivity contribution in [2.24, 2.45) is 0 Å². The maximum atomic E-state index is 14.1. The van der Waals surface area contributed by atoms with Crippen LogP contribution in [0.15, 0.2) is 108 Å². The van der Waals surface area contributed by atoms with Gasteiger partial charge in [-0.25, -0.2) is 4.79 Å². The lowest BCUT2D eigenvalue weighted by Crippen LogP contribution is -2.48. The summed E-state index contributed by atoms with van der Waals surface area (Å²) in [7, 11) is 1.44. The van der Waals surface area contributed by atoms with E-state index in [4.69, 9.17) is 15.2 Å². The second kappa shape index (κ2) is 15.8. The number of hydrogen-bond donors (Lipinski definition) is 4. The number of carboxylic acid groups (broad SMARTS) is 1. The number of halogens is 1. The zero-order valence-corrected chi connectivity index (χ0v) is 27.2. The first-order valence-corrected chi connectivity index (χ1v) is 16.1. The number of nitrogens with two attached hydrogens (primary N) is 1. The number of carbonyl (C=O) groups is 2. The maximum absolute atomic E-state index is 14.1. The molecule has 5 N–H and O–H groups in total. The van der Waals surface area contributed by atoms with Crippen LogP contribution in [0, 0.1) is 0 Å². The first-order valence-electron chi connectivity index (χ1n) is 15.3. The van der Waals surface area contributed by atoms with E-state index in [2.05, 4.69) is 26.6 Å². The number of ether oxygens (including phenoxy) is 2. The largest absolute Gasteiger partial charge is 0.489 e. The van der Waals surface area contributed by atoms with E-state index in [1.807, 2.05) is 97.1 Å². The molecule has 10 heteroatoms. The van der Waals surface area contributed by atoms with Gasteiger partial charge in [-0.15, -0.1) is 0 Å². The predicted molar refractivity (Wildman–Crippen MR) is 183 cm³/mol. The number of carbonyl (C=O) groups excluding carboxylic acids is 1. The number of nitrogens with zero attached hydrogens (tertiary/aromatic N) is 1. The van der Waals surface area contributed by atoms with Crippen molar-refractivity contribution < 1.29 is 24.2 Å². The van der Waals surface area contributed by atoms with Crippen LogP contribution >= 0.6 is 15.9 Å². The molecular weight excluding hydrogens is 648 g/mol. The Balaban J connectivity index is 1.28. The SMILES string of the molecule is CN(C(=O)O)[C@H](C(=O)Nc1ccccc1CC[C@@H]1CNC[C@@H](COc2ccc(Br)cc2N)O1)C(c1ccccc1)c1ccccc1. The number of amides is 2. The van der Waals surface area contributed by atoms with Crippen LogP contribution in [0.1, 0.15) is 29.0 Å². The molecule has 9 nitrogen and oxygen atoms in total. The molecule has 0 aromatic heterocycles. The third kappa shape index (κ3) is 8.45. The van der Waals surface area contributed by atoms with Gasteiger partial charge in [-0.05, 0) is 53.8 Å². The molecule has 1 aliphatic heterocycles. The van der Waals surface area contributed by atoms with Crippen molar-refractivity contribution in [3.63, 3.8) is 0 Å². The van der Waals surface area contributed by atoms with Gasteiger partial charge in [0, 0.05) is 36.2 Å². The summed E-state index contributed by atoms with van der Waals surface area (Å²) in [4.78, 5) is 27.5. The van der Waals surface area contributed by atoms with Gasteiger partial charge >= 0.3 is 6.09 Å². The topological polar surface area (TPSA) is 126 Å². The van der Waals surface area contributed by atoms with E-state index in [1.165, 1.54) is 7.05 Å². The molecule has 1 saturated heterocycles. The predicted octanol–water partition coefficient (Wildman–Crippen LogP) is 6.15.